The minimum atomic E-state index is -0.300. The van der Waals surface area contributed by atoms with E-state index in [-0.39, 0.29) is 29.2 Å². The van der Waals surface area contributed by atoms with Crippen molar-refractivity contribution < 1.29 is 9.59 Å². The SMILES string of the molecule is C[C@@H]1C(=O)NCCN1C(=O)[C@H]1CC12CCNCC2. The number of hydrogen-bond acceptors (Lipinski definition) is 3. The summed E-state index contributed by atoms with van der Waals surface area (Å²) in [6, 6.07) is -0.300. The molecule has 3 rings (SSSR count). The highest BCUT2D eigenvalue weighted by molar-refractivity contribution is 5.90. The molecule has 5 heteroatoms. The lowest BCUT2D eigenvalue weighted by Crippen LogP contribution is -2.56. The lowest BCUT2D eigenvalue weighted by molar-refractivity contribution is -0.144. The minimum absolute atomic E-state index is 0.0189. The van der Waals surface area contributed by atoms with Gasteiger partial charge in [-0.1, -0.05) is 0 Å². The smallest absolute Gasteiger partial charge is 0.242 e. The van der Waals surface area contributed by atoms with Gasteiger partial charge in [-0.15, -0.1) is 0 Å². The first kappa shape index (κ1) is 12.0. The van der Waals surface area contributed by atoms with E-state index in [1.807, 2.05) is 6.92 Å². The molecule has 2 atom stereocenters. The van der Waals surface area contributed by atoms with Gasteiger partial charge in [-0.2, -0.15) is 0 Å². The molecule has 0 aromatic heterocycles. The van der Waals surface area contributed by atoms with Gasteiger partial charge in [0.25, 0.3) is 0 Å². The number of amides is 2. The molecule has 1 spiro atoms. The summed E-state index contributed by atoms with van der Waals surface area (Å²) in [4.78, 5) is 25.9. The Bertz CT molecular complexity index is 376. The summed E-state index contributed by atoms with van der Waals surface area (Å²) in [5.74, 6) is 0.363. The molecule has 0 unspecified atom stereocenters. The average molecular weight is 251 g/mol. The molecule has 0 aromatic carbocycles. The van der Waals surface area contributed by atoms with Gasteiger partial charge in [-0.3, -0.25) is 9.59 Å². The van der Waals surface area contributed by atoms with Crippen molar-refractivity contribution in [2.45, 2.75) is 32.2 Å². The molecule has 2 saturated heterocycles. The van der Waals surface area contributed by atoms with E-state index in [0.29, 0.717) is 13.1 Å². The number of hydrogen-bond donors (Lipinski definition) is 2. The second-order valence-corrected chi connectivity index (χ2v) is 5.87. The Hall–Kier alpha value is -1.10. The Labute approximate surface area is 107 Å². The summed E-state index contributed by atoms with van der Waals surface area (Å²) in [6.45, 7) is 5.14. The van der Waals surface area contributed by atoms with Gasteiger partial charge in [-0.25, -0.2) is 0 Å². The van der Waals surface area contributed by atoms with E-state index in [0.717, 1.165) is 32.4 Å². The first-order valence-electron chi connectivity index (χ1n) is 6.93. The summed E-state index contributed by atoms with van der Waals surface area (Å²) in [5.41, 5.74) is 0.260. The van der Waals surface area contributed by atoms with Crippen LogP contribution in [-0.2, 0) is 9.59 Å². The highest BCUT2D eigenvalue weighted by Gasteiger charge is 2.59. The summed E-state index contributed by atoms with van der Waals surface area (Å²) in [7, 11) is 0. The molecule has 0 aromatic rings. The van der Waals surface area contributed by atoms with Gasteiger partial charge in [0.15, 0.2) is 0 Å². The lowest BCUT2D eigenvalue weighted by atomic mass is 9.91. The van der Waals surface area contributed by atoms with Crippen LogP contribution in [0, 0.1) is 11.3 Å². The molecular weight excluding hydrogens is 230 g/mol. The maximum atomic E-state index is 12.5. The van der Waals surface area contributed by atoms with Crippen LogP contribution in [0.1, 0.15) is 26.2 Å². The fourth-order valence-corrected chi connectivity index (χ4v) is 3.46. The first-order valence-corrected chi connectivity index (χ1v) is 6.93. The van der Waals surface area contributed by atoms with Crippen molar-refractivity contribution in [3.05, 3.63) is 0 Å². The summed E-state index contributed by atoms with van der Waals surface area (Å²) >= 11 is 0. The van der Waals surface area contributed by atoms with E-state index in [2.05, 4.69) is 10.6 Å². The number of nitrogens with one attached hydrogen (secondary N) is 2. The summed E-state index contributed by atoms with van der Waals surface area (Å²) < 4.78 is 0. The number of rotatable bonds is 1. The molecule has 2 amide bonds. The van der Waals surface area contributed by atoms with Crippen molar-refractivity contribution in [2.75, 3.05) is 26.2 Å². The van der Waals surface area contributed by atoms with E-state index in [4.69, 9.17) is 0 Å². The molecule has 2 N–H and O–H groups in total. The summed E-state index contributed by atoms with van der Waals surface area (Å²) in [5, 5.41) is 6.15. The number of nitrogens with zero attached hydrogens (tertiary/aromatic N) is 1. The minimum Gasteiger partial charge on any atom is -0.353 e. The van der Waals surface area contributed by atoms with E-state index in [9.17, 15) is 9.59 Å². The molecule has 1 aliphatic carbocycles. The van der Waals surface area contributed by atoms with E-state index in [1.165, 1.54) is 0 Å². The monoisotopic (exact) mass is 251 g/mol. The zero-order valence-electron chi connectivity index (χ0n) is 10.9. The first-order chi connectivity index (χ1) is 8.64. The Morgan fingerprint density at radius 3 is 2.78 bits per heavy atom. The standard InChI is InChI=1S/C13H21N3O2/c1-9-11(17)15-6-7-16(9)12(18)10-8-13(10)2-4-14-5-3-13/h9-10,14H,2-8H2,1H3,(H,15,17)/t9-,10-/m1/s1. The van der Waals surface area contributed by atoms with Crippen LogP contribution in [0.25, 0.3) is 0 Å². The maximum Gasteiger partial charge on any atom is 0.242 e. The fourth-order valence-electron chi connectivity index (χ4n) is 3.46. The molecular formula is C13H21N3O2. The Balaban J connectivity index is 1.67. The average Bonchev–Trinajstić information content (AvgIpc) is 3.06. The number of piperazine rings is 1. The van der Waals surface area contributed by atoms with Crippen molar-refractivity contribution in [1.82, 2.24) is 15.5 Å². The van der Waals surface area contributed by atoms with Gasteiger partial charge < -0.3 is 15.5 Å². The maximum absolute atomic E-state index is 12.5. The normalized spacial score (nSPS) is 34.3. The van der Waals surface area contributed by atoms with Crippen molar-refractivity contribution in [3.63, 3.8) is 0 Å². The third-order valence-electron chi connectivity index (χ3n) is 4.87. The van der Waals surface area contributed by atoms with E-state index < -0.39 is 0 Å². The Kier molecular flexibility index (Phi) is 2.81. The lowest BCUT2D eigenvalue weighted by Gasteiger charge is -2.34. The van der Waals surface area contributed by atoms with Gasteiger partial charge in [-0.05, 0) is 44.7 Å². The van der Waals surface area contributed by atoms with Crippen LogP contribution in [0.5, 0.6) is 0 Å². The molecule has 0 radical (unpaired) electrons. The highest BCUT2D eigenvalue weighted by Crippen LogP contribution is 2.59. The number of piperidine rings is 1. The third kappa shape index (κ3) is 1.81. The largest absolute Gasteiger partial charge is 0.353 e. The van der Waals surface area contributed by atoms with Crippen LogP contribution in [0.15, 0.2) is 0 Å². The molecule has 0 bridgehead atoms. The van der Waals surface area contributed by atoms with Gasteiger partial charge in [0.1, 0.15) is 6.04 Å². The molecule has 3 aliphatic rings. The topological polar surface area (TPSA) is 61.4 Å². The predicted molar refractivity (Wildman–Crippen MR) is 66.8 cm³/mol. The van der Waals surface area contributed by atoms with Gasteiger partial charge in [0, 0.05) is 19.0 Å². The zero-order chi connectivity index (χ0) is 12.8. The third-order valence-corrected chi connectivity index (χ3v) is 4.87. The van der Waals surface area contributed by atoms with Crippen LogP contribution in [0.4, 0.5) is 0 Å². The van der Waals surface area contributed by atoms with Crippen LogP contribution >= 0.6 is 0 Å². The predicted octanol–water partition coefficient (Wildman–Crippen LogP) is -0.277. The van der Waals surface area contributed by atoms with Crippen LogP contribution in [0.3, 0.4) is 0 Å². The van der Waals surface area contributed by atoms with Crippen LogP contribution < -0.4 is 10.6 Å². The van der Waals surface area contributed by atoms with Crippen molar-refractivity contribution in [2.24, 2.45) is 11.3 Å². The van der Waals surface area contributed by atoms with Crippen molar-refractivity contribution in [1.29, 1.82) is 0 Å². The Morgan fingerprint density at radius 1 is 1.33 bits per heavy atom. The molecule has 5 nitrogen and oxygen atoms in total. The van der Waals surface area contributed by atoms with Crippen LogP contribution in [-0.4, -0.2) is 48.9 Å². The Morgan fingerprint density at radius 2 is 2.06 bits per heavy atom. The zero-order valence-corrected chi connectivity index (χ0v) is 10.9. The van der Waals surface area contributed by atoms with Gasteiger partial charge in [0.2, 0.25) is 11.8 Å². The van der Waals surface area contributed by atoms with E-state index >= 15 is 0 Å². The second kappa shape index (κ2) is 4.23. The number of carbonyl (C=O) groups excluding carboxylic acids is 2. The molecule has 18 heavy (non-hydrogen) atoms. The molecule has 100 valence electrons. The fraction of sp³-hybridized carbons (Fsp3) is 0.846. The molecule has 3 fully saturated rings. The highest BCUT2D eigenvalue weighted by atomic mass is 16.2. The summed E-state index contributed by atoms with van der Waals surface area (Å²) in [6.07, 6.45) is 3.24. The van der Waals surface area contributed by atoms with Gasteiger partial charge in [0.05, 0.1) is 0 Å². The van der Waals surface area contributed by atoms with Crippen molar-refractivity contribution >= 4 is 11.8 Å². The van der Waals surface area contributed by atoms with Crippen molar-refractivity contribution in [3.8, 4) is 0 Å². The second-order valence-electron chi connectivity index (χ2n) is 5.87. The molecule has 1 saturated carbocycles. The van der Waals surface area contributed by atoms with E-state index in [1.54, 1.807) is 4.90 Å². The molecule has 2 aliphatic heterocycles. The molecule has 2 heterocycles. The quantitative estimate of drug-likeness (QED) is 0.674. The number of carbonyl (C=O) groups is 2. The van der Waals surface area contributed by atoms with Crippen LogP contribution in [0.2, 0.25) is 0 Å². The van der Waals surface area contributed by atoms with Gasteiger partial charge >= 0.3 is 0 Å².